The number of nitrogens with zero attached hydrogens (tertiary/aromatic N) is 3. The summed E-state index contributed by atoms with van der Waals surface area (Å²) < 4.78 is 10.3. The van der Waals surface area contributed by atoms with E-state index in [4.69, 9.17) is 14.5 Å². The highest BCUT2D eigenvalue weighted by molar-refractivity contribution is 5.80. The SMILES string of the molecule is CCNC(=NCC1CCCN1CCOC)NC1CCN(C(=O)OCC)CC1. The highest BCUT2D eigenvalue weighted by atomic mass is 16.6. The van der Waals surface area contributed by atoms with Crippen molar-refractivity contribution in [2.45, 2.75) is 51.6 Å². The Balaban J connectivity index is 1.81. The van der Waals surface area contributed by atoms with Gasteiger partial charge in [0.2, 0.25) is 0 Å². The number of carbonyl (C=O) groups is 1. The summed E-state index contributed by atoms with van der Waals surface area (Å²) in [6, 6.07) is 0.836. The molecule has 0 radical (unpaired) electrons. The number of guanidine groups is 1. The van der Waals surface area contributed by atoms with Crippen LogP contribution < -0.4 is 10.6 Å². The van der Waals surface area contributed by atoms with Crippen molar-refractivity contribution in [3.05, 3.63) is 0 Å². The van der Waals surface area contributed by atoms with Crippen LogP contribution >= 0.6 is 0 Å². The third-order valence-corrected chi connectivity index (χ3v) is 5.25. The minimum Gasteiger partial charge on any atom is -0.450 e. The van der Waals surface area contributed by atoms with Gasteiger partial charge in [0.25, 0.3) is 0 Å². The molecule has 2 N–H and O–H groups in total. The summed E-state index contributed by atoms with van der Waals surface area (Å²) in [4.78, 5) is 20.9. The zero-order valence-corrected chi connectivity index (χ0v) is 17.2. The maximum absolute atomic E-state index is 11.8. The fourth-order valence-electron chi connectivity index (χ4n) is 3.74. The molecule has 0 bridgehead atoms. The molecule has 1 unspecified atom stereocenters. The van der Waals surface area contributed by atoms with Crippen LogP contribution in [0.2, 0.25) is 0 Å². The molecule has 2 rings (SSSR count). The molecule has 2 aliphatic rings. The van der Waals surface area contributed by atoms with Crippen molar-refractivity contribution in [3.8, 4) is 0 Å². The number of amides is 1. The number of rotatable bonds is 8. The lowest BCUT2D eigenvalue weighted by atomic mass is 10.1. The van der Waals surface area contributed by atoms with Crippen LogP contribution in [0.1, 0.15) is 39.5 Å². The molecule has 2 fully saturated rings. The Morgan fingerprint density at radius 2 is 1.96 bits per heavy atom. The second-order valence-corrected chi connectivity index (χ2v) is 7.15. The van der Waals surface area contributed by atoms with Gasteiger partial charge in [-0.1, -0.05) is 0 Å². The summed E-state index contributed by atoms with van der Waals surface area (Å²) in [5.41, 5.74) is 0. The molecule has 8 nitrogen and oxygen atoms in total. The number of methoxy groups -OCH3 is 1. The highest BCUT2D eigenvalue weighted by Gasteiger charge is 2.25. The molecule has 2 aliphatic heterocycles. The van der Waals surface area contributed by atoms with Crippen molar-refractivity contribution in [2.24, 2.45) is 4.99 Å². The summed E-state index contributed by atoms with van der Waals surface area (Å²) in [6.07, 6.45) is 4.05. The highest BCUT2D eigenvalue weighted by Crippen LogP contribution is 2.17. The molecule has 1 amide bonds. The molecule has 0 aromatic heterocycles. The molecule has 2 heterocycles. The van der Waals surface area contributed by atoms with Crippen LogP contribution in [0.15, 0.2) is 4.99 Å². The van der Waals surface area contributed by atoms with Crippen LogP contribution in [0.25, 0.3) is 0 Å². The lowest BCUT2D eigenvalue weighted by molar-refractivity contribution is 0.0963. The van der Waals surface area contributed by atoms with Gasteiger partial charge in [-0.2, -0.15) is 0 Å². The zero-order valence-electron chi connectivity index (χ0n) is 17.2. The Hall–Kier alpha value is -1.54. The molecular weight excluding hydrogens is 346 g/mol. The zero-order chi connectivity index (χ0) is 19.5. The second-order valence-electron chi connectivity index (χ2n) is 7.15. The largest absolute Gasteiger partial charge is 0.450 e. The van der Waals surface area contributed by atoms with E-state index in [1.54, 1.807) is 12.0 Å². The fourth-order valence-corrected chi connectivity index (χ4v) is 3.74. The van der Waals surface area contributed by atoms with Gasteiger partial charge in [0.1, 0.15) is 0 Å². The topological polar surface area (TPSA) is 78.4 Å². The molecule has 156 valence electrons. The van der Waals surface area contributed by atoms with Gasteiger partial charge < -0.3 is 25.0 Å². The molecule has 0 aromatic carbocycles. The first kappa shape index (κ1) is 21.8. The number of ether oxygens (including phenoxy) is 2. The lowest BCUT2D eigenvalue weighted by Gasteiger charge is -2.32. The van der Waals surface area contributed by atoms with Crippen LogP contribution in [-0.2, 0) is 9.47 Å². The van der Waals surface area contributed by atoms with E-state index in [0.717, 1.165) is 64.7 Å². The van der Waals surface area contributed by atoms with Crippen molar-refractivity contribution < 1.29 is 14.3 Å². The van der Waals surface area contributed by atoms with E-state index in [2.05, 4.69) is 22.5 Å². The van der Waals surface area contributed by atoms with Gasteiger partial charge >= 0.3 is 6.09 Å². The third-order valence-electron chi connectivity index (χ3n) is 5.25. The second kappa shape index (κ2) is 12.0. The van der Waals surface area contributed by atoms with Gasteiger partial charge in [0.05, 0.1) is 19.8 Å². The Morgan fingerprint density at radius 3 is 2.63 bits per heavy atom. The molecule has 0 saturated carbocycles. The van der Waals surface area contributed by atoms with Gasteiger partial charge in [-0.15, -0.1) is 0 Å². The summed E-state index contributed by atoms with van der Waals surface area (Å²) in [6.45, 7) is 10.3. The van der Waals surface area contributed by atoms with Gasteiger partial charge in [-0.25, -0.2) is 4.79 Å². The van der Waals surface area contributed by atoms with Gasteiger partial charge in [-0.3, -0.25) is 9.89 Å². The number of nitrogens with one attached hydrogen (secondary N) is 2. The van der Waals surface area contributed by atoms with Crippen molar-refractivity contribution in [1.82, 2.24) is 20.4 Å². The van der Waals surface area contributed by atoms with Gasteiger partial charge in [0.15, 0.2) is 5.96 Å². The summed E-state index contributed by atoms with van der Waals surface area (Å²) >= 11 is 0. The number of aliphatic imine (C=N–C) groups is 1. The van der Waals surface area contributed by atoms with E-state index >= 15 is 0 Å². The molecule has 27 heavy (non-hydrogen) atoms. The van der Waals surface area contributed by atoms with Gasteiger partial charge in [-0.05, 0) is 46.1 Å². The molecule has 0 spiro atoms. The van der Waals surface area contributed by atoms with Crippen LogP contribution in [0.3, 0.4) is 0 Å². The van der Waals surface area contributed by atoms with Crippen molar-refractivity contribution >= 4 is 12.1 Å². The standard InChI is InChI=1S/C19H37N5O3/c1-4-20-18(21-15-17-7-6-10-23(17)13-14-26-3)22-16-8-11-24(12-9-16)19(25)27-5-2/h16-17H,4-15H2,1-3H3,(H2,20,21,22). The Morgan fingerprint density at radius 1 is 1.19 bits per heavy atom. The van der Waals surface area contributed by atoms with E-state index in [-0.39, 0.29) is 6.09 Å². The Labute approximate surface area is 163 Å². The number of piperidine rings is 1. The minimum atomic E-state index is -0.200. The maximum Gasteiger partial charge on any atom is 0.409 e. The third kappa shape index (κ3) is 7.18. The van der Waals surface area contributed by atoms with Crippen LogP contribution in [-0.4, -0.2) is 93.5 Å². The van der Waals surface area contributed by atoms with E-state index in [9.17, 15) is 4.79 Å². The first-order valence-corrected chi connectivity index (χ1v) is 10.4. The monoisotopic (exact) mass is 383 g/mol. The molecule has 0 aromatic rings. The molecular formula is C19H37N5O3. The van der Waals surface area contributed by atoms with Crippen molar-refractivity contribution in [3.63, 3.8) is 0 Å². The average molecular weight is 384 g/mol. The minimum absolute atomic E-state index is 0.200. The summed E-state index contributed by atoms with van der Waals surface area (Å²) in [5, 5.41) is 6.90. The van der Waals surface area contributed by atoms with Crippen LogP contribution in [0, 0.1) is 0 Å². The Kier molecular flexibility index (Phi) is 9.69. The summed E-state index contributed by atoms with van der Waals surface area (Å²) in [5.74, 6) is 0.880. The van der Waals surface area contributed by atoms with Crippen molar-refractivity contribution in [1.29, 1.82) is 0 Å². The number of hydrogen-bond donors (Lipinski definition) is 2. The summed E-state index contributed by atoms with van der Waals surface area (Å²) in [7, 11) is 1.75. The van der Waals surface area contributed by atoms with E-state index in [1.807, 2.05) is 6.92 Å². The number of hydrogen-bond acceptors (Lipinski definition) is 5. The number of likely N-dealkylation sites (tertiary alicyclic amines) is 2. The molecule has 0 aliphatic carbocycles. The van der Waals surface area contributed by atoms with E-state index < -0.39 is 0 Å². The predicted molar refractivity (Wildman–Crippen MR) is 107 cm³/mol. The molecule has 1 atom stereocenters. The van der Waals surface area contributed by atoms with E-state index in [0.29, 0.717) is 18.7 Å². The Bertz CT molecular complexity index is 466. The van der Waals surface area contributed by atoms with Gasteiger partial charge in [0, 0.05) is 45.4 Å². The molecule has 2 saturated heterocycles. The number of carbonyl (C=O) groups excluding carboxylic acids is 1. The molecule has 8 heteroatoms. The first-order valence-electron chi connectivity index (χ1n) is 10.4. The first-order chi connectivity index (χ1) is 13.2. The van der Waals surface area contributed by atoms with E-state index in [1.165, 1.54) is 12.8 Å². The maximum atomic E-state index is 11.8. The smallest absolute Gasteiger partial charge is 0.409 e. The normalized spacial score (nSPS) is 22.1. The van der Waals surface area contributed by atoms with Crippen LogP contribution in [0.4, 0.5) is 4.79 Å². The van der Waals surface area contributed by atoms with Crippen LogP contribution in [0.5, 0.6) is 0 Å². The predicted octanol–water partition coefficient (Wildman–Crippen LogP) is 1.27. The fraction of sp³-hybridized carbons (Fsp3) is 0.895. The average Bonchev–Trinajstić information content (AvgIpc) is 3.12. The van der Waals surface area contributed by atoms with Crippen molar-refractivity contribution in [2.75, 3.05) is 59.6 Å². The lowest BCUT2D eigenvalue weighted by Crippen LogP contribution is -2.50. The quantitative estimate of drug-likeness (QED) is 0.486.